The molecular weight excluding hydrogens is 208 g/mol. The van der Waals surface area contributed by atoms with Crippen molar-refractivity contribution in [3.63, 3.8) is 0 Å². The molecule has 0 amide bonds. The molecule has 1 N–H and O–H groups in total. The zero-order valence-corrected chi connectivity index (χ0v) is 12.0. The smallest absolute Gasteiger partial charge is 0.0104 e. The van der Waals surface area contributed by atoms with Gasteiger partial charge in [0.15, 0.2) is 0 Å². The fraction of sp³-hybridized carbons (Fsp3) is 1.00. The van der Waals surface area contributed by atoms with Gasteiger partial charge in [0.2, 0.25) is 0 Å². The van der Waals surface area contributed by atoms with Crippen LogP contribution in [0, 0.1) is 11.3 Å². The predicted molar refractivity (Wildman–Crippen MR) is 74.3 cm³/mol. The molecule has 1 saturated heterocycles. The number of nitrogens with one attached hydrogen (secondary N) is 1. The Bertz CT molecular complexity index is 235. The van der Waals surface area contributed by atoms with E-state index in [2.05, 4.69) is 31.1 Å². The Labute approximate surface area is 107 Å². The van der Waals surface area contributed by atoms with Crippen LogP contribution in [0.3, 0.4) is 0 Å². The van der Waals surface area contributed by atoms with Crippen molar-refractivity contribution in [1.82, 2.24) is 10.2 Å². The molecule has 2 heteroatoms. The lowest BCUT2D eigenvalue weighted by molar-refractivity contribution is 0.209. The van der Waals surface area contributed by atoms with Gasteiger partial charge < -0.3 is 10.2 Å². The molecule has 1 aliphatic carbocycles. The van der Waals surface area contributed by atoms with Crippen LogP contribution >= 0.6 is 0 Å². The van der Waals surface area contributed by atoms with Gasteiger partial charge in [-0.15, -0.1) is 0 Å². The van der Waals surface area contributed by atoms with E-state index in [1.54, 1.807) is 0 Å². The first-order valence-corrected chi connectivity index (χ1v) is 7.62. The Hall–Kier alpha value is -0.0800. The molecule has 1 heterocycles. The summed E-state index contributed by atoms with van der Waals surface area (Å²) in [6.45, 7) is 8.78. The minimum atomic E-state index is 0.647. The van der Waals surface area contributed by atoms with E-state index >= 15 is 0 Å². The Morgan fingerprint density at radius 2 is 2.00 bits per heavy atom. The summed E-state index contributed by atoms with van der Waals surface area (Å²) in [6, 6.07) is 0.785. The highest BCUT2D eigenvalue weighted by Gasteiger charge is 2.37. The third kappa shape index (κ3) is 2.85. The Balaban J connectivity index is 1.85. The third-order valence-corrected chi connectivity index (χ3v) is 5.54. The van der Waals surface area contributed by atoms with Crippen LogP contribution in [0.15, 0.2) is 0 Å². The molecule has 0 radical (unpaired) electrons. The van der Waals surface area contributed by atoms with Crippen LogP contribution in [-0.4, -0.2) is 37.6 Å². The summed E-state index contributed by atoms with van der Waals surface area (Å²) in [4.78, 5) is 2.74. The quantitative estimate of drug-likeness (QED) is 0.792. The summed E-state index contributed by atoms with van der Waals surface area (Å²) in [5.41, 5.74) is 0.647. The minimum Gasteiger partial charge on any atom is -0.317 e. The molecule has 0 aromatic carbocycles. The highest BCUT2D eigenvalue weighted by atomic mass is 15.2. The van der Waals surface area contributed by atoms with Crippen molar-refractivity contribution in [3.05, 3.63) is 0 Å². The SMILES string of the molecule is CCC1(CC)CCN(CC2CCCC2NC)C1. The maximum absolute atomic E-state index is 3.51. The monoisotopic (exact) mass is 238 g/mol. The van der Waals surface area contributed by atoms with Gasteiger partial charge in [0.25, 0.3) is 0 Å². The van der Waals surface area contributed by atoms with Gasteiger partial charge in [-0.25, -0.2) is 0 Å². The van der Waals surface area contributed by atoms with Crippen LogP contribution in [-0.2, 0) is 0 Å². The van der Waals surface area contributed by atoms with Crippen LogP contribution in [0.5, 0.6) is 0 Å². The van der Waals surface area contributed by atoms with Gasteiger partial charge in [-0.05, 0) is 57.0 Å². The van der Waals surface area contributed by atoms with E-state index < -0.39 is 0 Å². The molecule has 2 fully saturated rings. The lowest BCUT2D eigenvalue weighted by Gasteiger charge is -2.29. The molecule has 0 spiro atoms. The van der Waals surface area contributed by atoms with Crippen LogP contribution in [0.2, 0.25) is 0 Å². The van der Waals surface area contributed by atoms with Crippen molar-refractivity contribution in [2.75, 3.05) is 26.7 Å². The van der Waals surface area contributed by atoms with Gasteiger partial charge >= 0.3 is 0 Å². The molecule has 0 bridgehead atoms. The second-order valence-corrected chi connectivity index (χ2v) is 6.28. The number of nitrogens with zero attached hydrogens (tertiary/aromatic N) is 1. The molecule has 1 aliphatic heterocycles. The van der Waals surface area contributed by atoms with Crippen LogP contribution in [0.4, 0.5) is 0 Å². The van der Waals surface area contributed by atoms with Crippen molar-refractivity contribution in [1.29, 1.82) is 0 Å². The Morgan fingerprint density at radius 3 is 2.59 bits per heavy atom. The number of hydrogen-bond acceptors (Lipinski definition) is 2. The maximum atomic E-state index is 3.51. The second-order valence-electron chi connectivity index (χ2n) is 6.28. The molecule has 0 aromatic rings. The van der Waals surface area contributed by atoms with E-state index in [1.807, 2.05) is 0 Å². The summed E-state index contributed by atoms with van der Waals surface area (Å²) >= 11 is 0. The van der Waals surface area contributed by atoms with E-state index in [4.69, 9.17) is 0 Å². The molecule has 2 nitrogen and oxygen atoms in total. The van der Waals surface area contributed by atoms with E-state index in [-0.39, 0.29) is 0 Å². The average molecular weight is 238 g/mol. The van der Waals surface area contributed by atoms with Crippen molar-refractivity contribution in [2.24, 2.45) is 11.3 Å². The van der Waals surface area contributed by atoms with E-state index in [1.165, 1.54) is 58.2 Å². The summed E-state index contributed by atoms with van der Waals surface area (Å²) < 4.78 is 0. The molecule has 2 rings (SSSR count). The minimum absolute atomic E-state index is 0.647. The first kappa shape index (κ1) is 13.4. The number of rotatable bonds is 5. The summed E-state index contributed by atoms with van der Waals surface area (Å²) in [5.74, 6) is 0.907. The Kier molecular flexibility index (Phi) is 4.48. The number of hydrogen-bond donors (Lipinski definition) is 1. The Morgan fingerprint density at radius 1 is 1.24 bits per heavy atom. The lowest BCUT2D eigenvalue weighted by atomic mass is 9.82. The van der Waals surface area contributed by atoms with Crippen molar-refractivity contribution in [2.45, 2.75) is 58.4 Å². The molecule has 2 atom stereocenters. The highest BCUT2D eigenvalue weighted by molar-refractivity contribution is 4.91. The fourth-order valence-electron chi connectivity index (χ4n) is 3.98. The molecule has 1 saturated carbocycles. The second kappa shape index (κ2) is 5.71. The summed E-state index contributed by atoms with van der Waals surface area (Å²) in [6.07, 6.45) is 8.41. The first-order valence-electron chi connectivity index (χ1n) is 7.62. The maximum Gasteiger partial charge on any atom is 0.0104 e. The average Bonchev–Trinajstić information content (AvgIpc) is 2.97. The molecule has 2 aliphatic rings. The molecule has 100 valence electrons. The van der Waals surface area contributed by atoms with Crippen molar-refractivity contribution >= 4 is 0 Å². The zero-order chi connectivity index (χ0) is 12.3. The van der Waals surface area contributed by atoms with E-state index in [0.29, 0.717) is 5.41 Å². The highest BCUT2D eigenvalue weighted by Crippen LogP contribution is 2.38. The summed E-state index contributed by atoms with van der Waals surface area (Å²) in [5, 5.41) is 3.51. The van der Waals surface area contributed by atoms with Gasteiger partial charge in [-0.3, -0.25) is 0 Å². The molecule has 0 aromatic heterocycles. The molecule has 2 unspecified atom stereocenters. The van der Waals surface area contributed by atoms with Crippen LogP contribution < -0.4 is 5.32 Å². The third-order valence-electron chi connectivity index (χ3n) is 5.54. The van der Waals surface area contributed by atoms with Gasteiger partial charge in [0, 0.05) is 19.1 Å². The van der Waals surface area contributed by atoms with Crippen molar-refractivity contribution in [3.8, 4) is 0 Å². The number of likely N-dealkylation sites (tertiary alicyclic amines) is 1. The standard InChI is InChI=1S/C15H30N2/c1-4-15(5-2)9-10-17(12-15)11-13-7-6-8-14(13)16-3/h13-14,16H,4-12H2,1-3H3. The van der Waals surface area contributed by atoms with Gasteiger partial charge in [0.1, 0.15) is 0 Å². The largest absolute Gasteiger partial charge is 0.317 e. The lowest BCUT2D eigenvalue weighted by Crippen LogP contribution is -2.38. The van der Waals surface area contributed by atoms with Crippen molar-refractivity contribution < 1.29 is 0 Å². The zero-order valence-electron chi connectivity index (χ0n) is 12.0. The van der Waals surface area contributed by atoms with E-state index in [9.17, 15) is 0 Å². The first-order chi connectivity index (χ1) is 8.23. The summed E-state index contributed by atoms with van der Waals surface area (Å²) in [7, 11) is 2.13. The van der Waals surface area contributed by atoms with Crippen LogP contribution in [0.25, 0.3) is 0 Å². The fourth-order valence-corrected chi connectivity index (χ4v) is 3.98. The predicted octanol–water partition coefficient (Wildman–Crippen LogP) is 2.89. The topological polar surface area (TPSA) is 15.3 Å². The normalized spacial score (nSPS) is 33.4. The van der Waals surface area contributed by atoms with Gasteiger partial charge in [-0.1, -0.05) is 20.3 Å². The molecule has 17 heavy (non-hydrogen) atoms. The van der Waals surface area contributed by atoms with Gasteiger partial charge in [-0.2, -0.15) is 0 Å². The van der Waals surface area contributed by atoms with Gasteiger partial charge in [0.05, 0.1) is 0 Å². The van der Waals surface area contributed by atoms with Crippen LogP contribution in [0.1, 0.15) is 52.4 Å². The molecular formula is C15H30N2. The van der Waals surface area contributed by atoms with E-state index in [0.717, 1.165) is 12.0 Å².